The number of para-hydroxylation sites is 2. The van der Waals surface area contributed by atoms with Crippen molar-refractivity contribution in [1.29, 1.82) is 0 Å². The molecular weight excluding hydrogens is 388 g/mol. The Labute approximate surface area is 174 Å². The lowest BCUT2D eigenvalue weighted by molar-refractivity contribution is -0.113. The highest BCUT2D eigenvalue weighted by Crippen LogP contribution is 2.24. The van der Waals surface area contributed by atoms with E-state index in [1.165, 1.54) is 11.8 Å². The minimum Gasteiger partial charge on any atom is -0.495 e. The van der Waals surface area contributed by atoms with Gasteiger partial charge >= 0.3 is 0 Å². The van der Waals surface area contributed by atoms with Gasteiger partial charge in [0, 0.05) is 7.05 Å². The SMILES string of the molecule is COc1ccccc1NC(=O)CSc1nnc(COc2cc(C)ccc2C)n1C. The van der Waals surface area contributed by atoms with Gasteiger partial charge in [-0.3, -0.25) is 4.79 Å². The minimum atomic E-state index is -0.143. The second kappa shape index (κ2) is 9.47. The maximum Gasteiger partial charge on any atom is 0.234 e. The molecule has 0 fully saturated rings. The fourth-order valence-corrected chi connectivity index (χ4v) is 3.40. The highest BCUT2D eigenvalue weighted by molar-refractivity contribution is 7.99. The zero-order valence-electron chi connectivity index (χ0n) is 16.9. The van der Waals surface area contributed by atoms with Crippen LogP contribution in [0, 0.1) is 13.8 Å². The summed E-state index contributed by atoms with van der Waals surface area (Å²) in [5, 5.41) is 11.9. The molecule has 0 spiro atoms. The molecule has 8 heteroatoms. The number of rotatable bonds is 8. The van der Waals surface area contributed by atoms with Gasteiger partial charge in [0.05, 0.1) is 18.6 Å². The van der Waals surface area contributed by atoms with Crippen molar-refractivity contribution in [2.45, 2.75) is 25.6 Å². The summed E-state index contributed by atoms with van der Waals surface area (Å²) in [4.78, 5) is 12.3. The zero-order valence-corrected chi connectivity index (χ0v) is 17.7. The maximum atomic E-state index is 12.3. The summed E-state index contributed by atoms with van der Waals surface area (Å²) >= 11 is 1.32. The van der Waals surface area contributed by atoms with E-state index < -0.39 is 0 Å². The van der Waals surface area contributed by atoms with E-state index in [4.69, 9.17) is 9.47 Å². The fourth-order valence-electron chi connectivity index (χ4n) is 2.67. The van der Waals surface area contributed by atoms with Crippen LogP contribution in [-0.2, 0) is 18.4 Å². The van der Waals surface area contributed by atoms with E-state index >= 15 is 0 Å². The third-order valence-electron chi connectivity index (χ3n) is 4.34. The highest BCUT2D eigenvalue weighted by Gasteiger charge is 2.13. The van der Waals surface area contributed by atoms with Crippen LogP contribution >= 0.6 is 11.8 Å². The van der Waals surface area contributed by atoms with Crippen LogP contribution in [-0.4, -0.2) is 33.5 Å². The number of thioether (sulfide) groups is 1. The highest BCUT2D eigenvalue weighted by atomic mass is 32.2. The number of ether oxygens (including phenoxy) is 2. The largest absolute Gasteiger partial charge is 0.495 e. The number of hydrogen-bond acceptors (Lipinski definition) is 6. The molecule has 3 rings (SSSR count). The van der Waals surface area contributed by atoms with Crippen LogP contribution in [0.15, 0.2) is 47.6 Å². The predicted octanol–water partition coefficient (Wildman–Crippen LogP) is 3.75. The Bertz CT molecular complexity index is 1000. The predicted molar refractivity (Wildman–Crippen MR) is 114 cm³/mol. The number of hydrogen-bond donors (Lipinski definition) is 1. The number of anilines is 1. The van der Waals surface area contributed by atoms with Crippen LogP contribution in [0.5, 0.6) is 11.5 Å². The average molecular weight is 413 g/mol. The average Bonchev–Trinajstić information content (AvgIpc) is 3.07. The van der Waals surface area contributed by atoms with Crippen molar-refractivity contribution >= 4 is 23.4 Å². The first-order chi connectivity index (χ1) is 14.0. The van der Waals surface area contributed by atoms with Gasteiger partial charge in [0.1, 0.15) is 18.1 Å². The number of carbonyl (C=O) groups is 1. The molecule has 0 saturated heterocycles. The molecule has 0 radical (unpaired) electrons. The Morgan fingerprint density at radius 3 is 2.72 bits per heavy atom. The van der Waals surface area contributed by atoms with Gasteiger partial charge in [-0.25, -0.2) is 0 Å². The molecule has 1 heterocycles. The van der Waals surface area contributed by atoms with Crippen molar-refractivity contribution in [2.75, 3.05) is 18.2 Å². The van der Waals surface area contributed by atoms with Gasteiger partial charge in [-0.2, -0.15) is 0 Å². The van der Waals surface area contributed by atoms with Crippen LogP contribution in [0.3, 0.4) is 0 Å². The van der Waals surface area contributed by atoms with Gasteiger partial charge in [-0.15, -0.1) is 10.2 Å². The number of nitrogens with zero attached hydrogens (tertiary/aromatic N) is 3. The van der Waals surface area contributed by atoms with Gasteiger partial charge in [0.15, 0.2) is 11.0 Å². The smallest absolute Gasteiger partial charge is 0.234 e. The number of nitrogens with one attached hydrogen (secondary N) is 1. The van der Waals surface area contributed by atoms with Crippen molar-refractivity contribution < 1.29 is 14.3 Å². The summed E-state index contributed by atoms with van der Waals surface area (Å²) in [7, 11) is 3.43. The Hall–Kier alpha value is -3.00. The summed E-state index contributed by atoms with van der Waals surface area (Å²) in [6.45, 7) is 4.34. The third-order valence-corrected chi connectivity index (χ3v) is 5.36. The van der Waals surface area contributed by atoms with Crippen molar-refractivity contribution in [2.24, 2.45) is 7.05 Å². The van der Waals surface area contributed by atoms with E-state index in [9.17, 15) is 4.79 Å². The molecule has 3 aromatic rings. The van der Waals surface area contributed by atoms with Crippen LogP contribution in [0.2, 0.25) is 0 Å². The lowest BCUT2D eigenvalue weighted by Gasteiger charge is -2.10. The maximum absolute atomic E-state index is 12.3. The van der Waals surface area contributed by atoms with Crippen molar-refractivity contribution in [3.05, 3.63) is 59.4 Å². The van der Waals surface area contributed by atoms with Crippen molar-refractivity contribution in [3.63, 3.8) is 0 Å². The van der Waals surface area contributed by atoms with E-state index in [0.717, 1.165) is 16.9 Å². The molecule has 0 aliphatic carbocycles. The van der Waals surface area contributed by atoms with Crippen LogP contribution in [0.25, 0.3) is 0 Å². The lowest BCUT2D eigenvalue weighted by Crippen LogP contribution is -2.15. The Kier molecular flexibility index (Phi) is 6.77. The molecule has 29 heavy (non-hydrogen) atoms. The van der Waals surface area contributed by atoms with Gasteiger partial charge < -0.3 is 19.4 Å². The number of benzene rings is 2. The molecule has 152 valence electrons. The molecule has 2 aromatic carbocycles. The van der Waals surface area contributed by atoms with Gasteiger partial charge in [0.25, 0.3) is 0 Å². The van der Waals surface area contributed by atoms with E-state index in [1.54, 1.807) is 19.2 Å². The molecule has 0 saturated carbocycles. The number of amides is 1. The Morgan fingerprint density at radius 1 is 1.14 bits per heavy atom. The van der Waals surface area contributed by atoms with Crippen LogP contribution in [0.1, 0.15) is 17.0 Å². The molecule has 0 bridgehead atoms. The van der Waals surface area contributed by atoms with Gasteiger partial charge in [-0.1, -0.05) is 36.0 Å². The van der Waals surface area contributed by atoms with E-state index in [2.05, 4.69) is 21.6 Å². The zero-order chi connectivity index (χ0) is 20.8. The molecule has 1 amide bonds. The number of aromatic nitrogens is 3. The summed E-state index contributed by atoms with van der Waals surface area (Å²) in [5.41, 5.74) is 2.85. The number of carbonyl (C=O) groups excluding carboxylic acids is 1. The van der Waals surface area contributed by atoms with Crippen LogP contribution < -0.4 is 14.8 Å². The topological polar surface area (TPSA) is 78.3 Å². The monoisotopic (exact) mass is 412 g/mol. The molecule has 0 aliphatic rings. The normalized spacial score (nSPS) is 10.6. The Morgan fingerprint density at radius 2 is 1.93 bits per heavy atom. The first-order valence-electron chi connectivity index (χ1n) is 9.12. The minimum absolute atomic E-state index is 0.143. The molecule has 0 atom stereocenters. The second-order valence-corrected chi connectivity index (χ2v) is 7.50. The molecule has 7 nitrogen and oxygen atoms in total. The lowest BCUT2D eigenvalue weighted by atomic mass is 10.1. The fraction of sp³-hybridized carbons (Fsp3) is 0.286. The molecule has 0 unspecified atom stereocenters. The summed E-state index contributed by atoms with van der Waals surface area (Å²) in [6.07, 6.45) is 0. The first kappa shape index (κ1) is 20.7. The molecule has 1 N–H and O–H groups in total. The second-order valence-electron chi connectivity index (χ2n) is 6.55. The van der Waals surface area contributed by atoms with Crippen molar-refractivity contribution in [3.8, 4) is 11.5 Å². The first-order valence-corrected chi connectivity index (χ1v) is 10.1. The molecule has 0 aliphatic heterocycles. The molecule has 1 aromatic heterocycles. The van der Waals surface area contributed by atoms with Crippen molar-refractivity contribution in [1.82, 2.24) is 14.8 Å². The number of methoxy groups -OCH3 is 1. The molecular formula is C21H24N4O3S. The van der Waals surface area contributed by atoms with E-state index in [0.29, 0.717) is 29.0 Å². The summed E-state index contributed by atoms with van der Waals surface area (Å²) in [5.74, 6) is 2.21. The summed E-state index contributed by atoms with van der Waals surface area (Å²) in [6, 6.07) is 13.4. The quantitative estimate of drug-likeness (QED) is 0.568. The van der Waals surface area contributed by atoms with E-state index in [1.807, 2.05) is 49.7 Å². The van der Waals surface area contributed by atoms with Gasteiger partial charge in [-0.05, 0) is 43.2 Å². The summed E-state index contributed by atoms with van der Waals surface area (Å²) < 4.78 is 13.0. The van der Waals surface area contributed by atoms with E-state index in [-0.39, 0.29) is 11.7 Å². The standard InChI is InChI=1S/C21H24N4O3S/c1-14-9-10-15(2)18(11-14)28-12-19-23-24-21(25(19)3)29-13-20(26)22-16-7-5-6-8-17(16)27-4/h5-11H,12-13H2,1-4H3,(H,22,26). The Balaban J connectivity index is 1.56. The van der Waals surface area contributed by atoms with Crippen LogP contribution in [0.4, 0.5) is 5.69 Å². The number of aryl methyl sites for hydroxylation is 2. The third kappa shape index (κ3) is 5.29. The van der Waals surface area contributed by atoms with Gasteiger partial charge in [0.2, 0.25) is 5.91 Å².